The molecule has 3 N–H and O–H groups in total. The van der Waals surface area contributed by atoms with Crippen molar-refractivity contribution in [3.63, 3.8) is 0 Å². The topological polar surface area (TPSA) is 61.4 Å². The van der Waals surface area contributed by atoms with Gasteiger partial charge < -0.3 is 10.4 Å². The fourth-order valence-corrected chi connectivity index (χ4v) is 0.748. The first kappa shape index (κ1) is 6.51. The molecule has 0 radical (unpaired) electrons. The molecule has 0 saturated carbocycles. The normalized spacial score (nSPS) is 32.3. The lowest BCUT2D eigenvalue weighted by Crippen LogP contribution is -2.41. The standard InChI is InChI=1S/C5H10N2O2/c1-5(2)3(8)6-4(9)7-5/h4,7,9H,1-2H3,(H,6,8). The van der Waals surface area contributed by atoms with Gasteiger partial charge in [-0.05, 0) is 13.8 Å². The van der Waals surface area contributed by atoms with Crippen molar-refractivity contribution in [3.05, 3.63) is 0 Å². The summed E-state index contributed by atoms with van der Waals surface area (Å²) in [4.78, 5) is 10.8. The van der Waals surface area contributed by atoms with Gasteiger partial charge in [-0.25, -0.2) is 0 Å². The number of hydrogen-bond acceptors (Lipinski definition) is 3. The number of aliphatic hydroxyl groups excluding tert-OH is 1. The summed E-state index contributed by atoms with van der Waals surface area (Å²) in [6.45, 7) is 3.41. The lowest BCUT2D eigenvalue weighted by atomic mass is 10.1. The van der Waals surface area contributed by atoms with Gasteiger partial charge in [-0.2, -0.15) is 0 Å². The largest absolute Gasteiger partial charge is 0.361 e. The first-order valence-corrected chi connectivity index (χ1v) is 2.79. The predicted molar refractivity (Wildman–Crippen MR) is 31.4 cm³/mol. The van der Waals surface area contributed by atoms with Gasteiger partial charge >= 0.3 is 0 Å². The third kappa shape index (κ3) is 1.04. The Kier molecular flexibility index (Phi) is 1.22. The van der Waals surface area contributed by atoms with Gasteiger partial charge in [-0.3, -0.25) is 10.1 Å². The van der Waals surface area contributed by atoms with Crippen LogP contribution in [0.1, 0.15) is 13.8 Å². The smallest absolute Gasteiger partial charge is 0.242 e. The molecule has 1 rings (SSSR count). The van der Waals surface area contributed by atoms with Crippen molar-refractivity contribution in [2.24, 2.45) is 0 Å². The highest BCUT2D eigenvalue weighted by molar-refractivity contribution is 5.87. The first-order chi connectivity index (χ1) is 4.02. The van der Waals surface area contributed by atoms with Gasteiger partial charge in [-0.1, -0.05) is 0 Å². The van der Waals surface area contributed by atoms with E-state index in [1.165, 1.54) is 0 Å². The van der Waals surface area contributed by atoms with Gasteiger partial charge in [0.25, 0.3) is 0 Å². The van der Waals surface area contributed by atoms with Gasteiger partial charge in [0.1, 0.15) is 0 Å². The Morgan fingerprint density at radius 2 is 2.22 bits per heavy atom. The summed E-state index contributed by atoms with van der Waals surface area (Å²) in [7, 11) is 0. The fourth-order valence-electron chi connectivity index (χ4n) is 0.748. The van der Waals surface area contributed by atoms with Crippen molar-refractivity contribution in [2.75, 3.05) is 0 Å². The zero-order valence-electron chi connectivity index (χ0n) is 5.43. The van der Waals surface area contributed by atoms with Crippen LogP contribution in [0.2, 0.25) is 0 Å². The molecule has 1 aliphatic rings. The third-order valence-corrected chi connectivity index (χ3v) is 1.33. The van der Waals surface area contributed by atoms with Crippen LogP contribution in [0.4, 0.5) is 0 Å². The molecule has 0 spiro atoms. The van der Waals surface area contributed by atoms with Crippen LogP contribution >= 0.6 is 0 Å². The van der Waals surface area contributed by atoms with Gasteiger partial charge in [0.2, 0.25) is 5.91 Å². The molecule has 4 nitrogen and oxygen atoms in total. The zero-order valence-corrected chi connectivity index (χ0v) is 5.43. The van der Waals surface area contributed by atoms with Crippen LogP contribution in [0.25, 0.3) is 0 Å². The molecule has 0 aliphatic carbocycles. The van der Waals surface area contributed by atoms with Crippen LogP contribution in [-0.2, 0) is 4.79 Å². The summed E-state index contributed by atoms with van der Waals surface area (Å²) in [5, 5.41) is 13.7. The average Bonchev–Trinajstić information content (AvgIpc) is 1.79. The summed E-state index contributed by atoms with van der Waals surface area (Å²) in [5.41, 5.74) is -0.626. The molecule has 0 aromatic heterocycles. The van der Waals surface area contributed by atoms with E-state index in [1.54, 1.807) is 13.8 Å². The molecule has 1 saturated heterocycles. The van der Waals surface area contributed by atoms with E-state index in [-0.39, 0.29) is 5.91 Å². The maximum absolute atomic E-state index is 10.8. The molecular weight excluding hydrogens is 120 g/mol. The number of amides is 1. The Morgan fingerprint density at radius 1 is 1.67 bits per heavy atom. The fraction of sp³-hybridized carbons (Fsp3) is 0.800. The van der Waals surface area contributed by atoms with E-state index in [2.05, 4.69) is 10.6 Å². The van der Waals surface area contributed by atoms with Crippen LogP contribution in [0.3, 0.4) is 0 Å². The van der Waals surface area contributed by atoms with Gasteiger partial charge in [0, 0.05) is 0 Å². The molecule has 0 aromatic carbocycles. The second-order valence-electron chi connectivity index (χ2n) is 2.65. The molecule has 1 unspecified atom stereocenters. The lowest BCUT2D eigenvalue weighted by Gasteiger charge is -2.12. The van der Waals surface area contributed by atoms with E-state index in [1.807, 2.05) is 0 Å². The second-order valence-corrected chi connectivity index (χ2v) is 2.65. The van der Waals surface area contributed by atoms with Crippen molar-refractivity contribution in [2.45, 2.75) is 25.7 Å². The third-order valence-electron chi connectivity index (χ3n) is 1.33. The summed E-state index contributed by atoms with van der Waals surface area (Å²) in [6.07, 6.45) is -0.882. The Balaban J connectivity index is 2.70. The second kappa shape index (κ2) is 1.68. The Bertz CT molecular complexity index is 144. The van der Waals surface area contributed by atoms with E-state index in [4.69, 9.17) is 5.11 Å². The van der Waals surface area contributed by atoms with Crippen LogP contribution in [-0.4, -0.2) is 22.9 Å². The molecule has 1 amide bonds. The lowest BCUT2D eigenvalue weighted by molar-refractivity contribution is -0.123. The number of hydrogen-bond donors (Lipinski definition) is 3. The first-order valence-electron chi connectivity index (χ1n) is 2.79. The minimum absolute atomic E-state index is 0.171. The number of carbonyl (C=O) groups excluding carboxylic acids is 1. The van der Waals surface area contributed by atoms with E-state index >= 15 is 0 Å². The van der Waals surface area contributed by atoms with Crippen molar-refractivity contribution in [3.8, 4) is 0 Å². The monoisotopic (exact) mass is 130 g/mol. The molecule has 1 fully saturated rings. The molecular formula is C5H10N2O2. The number of nitrogens with one attached hydrogen (secondary N) is 2. The van der Waals surface area contributed by atoms with Crippen molar-refractivity contribution < 1.29 is 9.90 Å². The minimum Gasteiger partial charge on any atom is -0.361 e. The van der Waals surface area contributed by atoms with Gasteiger partial charge in [-0.15, -0.1) is 0 Å². The molecule has 0 aromatic rings. The molecule has 0 bridgehead atoms. The van der Waals surface area contributed by atoms with Crippen LogP contribution < -0.4 is 10.6 Å². The molecule has 1 aliphatic heterocycles. The van der Waals surface area contributed by atoms with Gasteiger partial charge in [0.05, 0.1) is 5.54 Å². The SMILES string of the molecule is CC1(C)NC(O)NC1=O. The highest BCUT2D eigenvalue weighted by atomic mass is 16.3. The van der Waals surface area contributed by atoms with E-state index in [0.717, 1.165) is 0 Å². The van der Waals surface area contributed by atoms with Crippen molar-refractivity contribution in [1.82, 2.24) is 10.6 Å². The van der Waals surface area contributed by atoms with Crippen LogP contribution in [0.15, 0.2) is 0 Å². The Morgan fingerprint density at radius 3 is 2.33 bits per heavy atom. The van der Waals surface area contributed by atoms with E-state index in [9.17, 15) is 4.79 Å². The quantitative estimate of drug-likeness (QED) is 0.384. The van der Waals surface area contributed by atoms with Crippen LogP contribution in [0, 0.1) is 0 Å². The summed E-state index contributed by atoms with van der Waals surface area (Å²) >= 11 is 0. The van der Waals surface area contributed by atoms with Crippen molar-refractivity contribution >= 4 is 5.91 Å². The van der Waals surface area contributed by atoms with Gasteiger partial charge in [0.15, 0.2) is 6.35 Å². The average molecular weight is 130 g/mol. The van der Waals surface area contributed by atoms with Crippen LogP contribution in [0.5, 0.6) is 0 Å². The maximum Gasteiger partial charge on any atom is 0.242 e. The molecule has 1 atom stereocenters. The Hall–Kier alpha value is -0.610. The minimum atomic E-state index is -0.882. The molecule has 9 heavy (non-hydrogen) atoms. The highest BCUT2D eigenvalue weighted by Crippen LogP contribution is 2.07. The maximum atomic E-state index is 10.8. The molecule has 52 valence electrons. The van der Waals surface area contributed by atoms with Crippen molar-refractivity contribution in [1.29, 1.82) is 0 Å². The summed E-state index contributed by atoms with van der Waals surface area (Å²) < 4.78 is 0. The van der Waals surface area contributed by atoms with E-state index < -0.39 is 11.9 Å². The molecule has 1 heterocycles. The summed E-state index contributed by atoms with van der Waals surface area (Å²) in [5.74, 6) is -0.171. The highest BCUT2D eigenvalue weighted by Gasteiger charge is 2.36. The zero-order chi connectivity index (χ0) is 7.07. The van der Waals surface area contributed by atoms with E-state index in [0.29, 0.717) is 0 Å². The molecule has 4 heteroatoms. The number of rotatable bonds is 0. The summed E-state index contributed by atoms with van der Waals surface area (Å²) in [6, 6.07) is 0. The Labute approximate surface area is 53.2 Å². The number of aliphatic hydroxyl groups is 1. The number of carbonyl (C=O) groups is 1. The predicted octanol–water partition coefficient (Wildman–Crippen LogP) is -1.24.